The Bertz CT molecular complexity index is 2030. The fourth-order valence-electron chi connectivity index (χ4n) is 5.23. The summed E-state index contributed by atoms with van der Waals surface area (Å²) in [6, 6.07) is 13.0. The summed E-state index contributed by atoms with van der Waals surface area (Å²) >= 11 is 0. The average Bonchev–Trinajstić information content (AvgIpc) is 3.61. The Hall–Kier alpha value is -4.73. The lowest BCUT2D eigenvalue weighted by Crippen LogP contribution is -2.08. The second-order valence-electron chi connectivity index (χ2n) is 11.9. The molecule has 246 valence electrons. The van der Waals surface area contributed by atoms with Crippen molar-refractivity contribution in [3.05, 3.63) is 114 Å². The summed E-state index contributed by atoms with van der Waals surface area (Å²) in [4.78, 5) is 12.9. The molecule has 7 nitrogen and oxygen atoms in total. The van der Waals surface area contributed by atoms with Gasteiger partial charge in [-0.05, 0) is 84.7 Å². The molecule has 0 bridgehead atoms. The summed E-state index contributed by atoms with van der Waals surface area (Å²) in [6.07, 6.45) is 10.0. The minimum Gasteiger partial charge on any atom is -0.358 e. The molecule has 1 aromatic carbocycles. The summed E-state index contributed by atoms with van der Waals surface area (Å²) in [7, 11) is -1.44. The van der Waals surface area contributed by atoms with Gasteiger partial charge in [0.15, 0.2) is 0 Å². The Labute approximate surface area is 278 Å². The molecule has 4 heterocycles. The van der Waals surface area contributed by atoms with Gasteiger partial charge in [0.2, 0.25) is 0 Å². The van der Waals surface area contributed by atoms with Crippen molar-refractivity contribution < 1.29 is 4.39 Å². The summed E-state index contributed by atoms with van der Waals surface area (Å²) in [6.45, 7) is 18.8. The number of halogens is 1. The Morgan fingerprint density at radius 1 is 1.09 bits per heavy atom. The van der Waals surface area contributed by atoms with E-state index in [0.29, 0.717) is 18.2 Å². The van der Waals surface area contributed by atoms with Gasteiger partial charge < -0.3 is 10.3 Å². The molecule has 0 saturated carbocycles. The fraction of sp³-hybridized carbons (Fsp3) is 0.237. The average molecular weight is 652 g/mol. The maximum absolute atomic E-state index is 14.8. The Morgan fingerprint density at radius 3 is 2.55 bits per heavy atom. The van der Waals surface area contributed by atoms with Crippen molar-refractivity contribution >= 4 is 43.4 Å². The van der Waals surface area contributed by atoms with E-state index in [-0.39, 0.29) is 5.82 Å². The predicted octanol–water partition coefficient (Wildman–Crippen LogP) is 9.38. The third kappa shape index (κ3) is 8.96. The van der Waals surface area contributed by atoms with E-state index < -0.39 is 9.39 Å². The molecule has 0 radical (unpaired) electrons. The van der Waals surface area contributed by atoms with Crippen LogP contribution in [-0.4, -0.2) is 43.1 Å². The number of hydrogen-bond donors (Lipinski definition) is 4. The van der Waals surface area contributed by atoms with E-state index >= 15 is 0 Å². The van der Waals surface area contributed by atoms with E-state index in [4.69, 9.17) is 4.98 Å². The number of rotatable bonds is 12. The number of anilines is 1. The number of allylic oxidation sites excluding steroid dienone is 3. The maximum atomic E-state index is 14.8. The molecule has 0 aliphatic carbocycles. The molecule has 0 aliphatic heterocycles. The van der Waals surface area contributed by atoms with Crippen LogP contribution in [0, 0.1) is 18.7 Å². The first-order valence-electron chi connectivity index (χ1n) is 15.7. The van der Waals surface area contributed by atoms with Crippen LogP contribution in [0.5, 0.6) is 0 Å². The standard InChI is InChI=1S/C36H40FN7S.C2H6/c1-9-10-30(26-14-25(15-28(37)16-26)19-39-45(6,7)8)31-18-34(41-24(31)5)36-35-33(43-44-36)12-11-32(42-35)27-17-29(21-38-20-27)40-23(4)13-22(2)3;1-2/h9-12,14-18,20-22,39-41H,1,4,6-7,13,19H2,2-3,5,8H3,(H,43,44);1-2H3/b30-10-;. The smallest absolute Gasteiger partial charge is 0.135 e. The van der Waals surface area contributed by atoms with Gasteiger partial charge in [-0.1, -0.05) is 64.7 Å². The lowest BCUT2D eigenvalue weighted by atomic mass is 9.95. The van der Waals surface area contributed by atoms with E-state index in [2.05, 4.69) is 69.0 Å². The van der Waals surface area contributed by atoms with Crippen molar-refractivity contribution in [3.63, 3.8) is 0 Å². The summed E-state index contributed by atoms with van der Waals surface area (Å²) < 4.78 is 18.1. The van der Waals surface area contributed by atoms with E-state index in [1.165, 1.54) is 6.07 Å². The molecule has 0 atom stereocenters. The zero-order valence-electron chi connectivity index (χ0n) is 28.3. The molecule has 5 rings (SSSR count). The Kier molecular flexibility index (Phi) is 11.4. The highest BCUT2D eigenvalue weighted by Crippen LogP contribution is 2.34. The van der Waals surface area contributed by atoms with Gasteiger partial charge in [-0.2, -0.15) is 14.5 Å². The van der Waals surface area contributed by atoms with Crippen LogP contribution in [-0.2, 0) is 6.54 Å². The highest BCUT2D eigenvalue weighted by Gasteiger charge is 2.18. The number of fused-ring (bicyclic) bond motifs is 1. The molecule has 4 aromatic heterocycles. The van der Waals surface area contributed by atoms with Crippen LogP contribution in [0.2, 0.25) is 0 Å². The molecule has 0 saturated heterocycles. The number of aromatic amines is 2. The van der Waals surface area contributed by atoms with E-state index in [1.54, 1.807) is 24.5 Å². The summed E-state index contributed by atoms with van der Waals surface area (Å²) in [5, 5.41) is 11.1. The number of hydrogen-bond acceptors (Lipinski definition) is 5. The van der Waals surface area contributed by atoms with Crippen LogP contribution < -0.4 is 10.0 Å². The van der Waals surface area contributed by atoms with Crippen molar-refractivity contribution in [3.8, 4) is 22.6 Å². The summed E-state index contributed by atoms with van der Waals surface area (Å²) in [5.41, 5.74) is 10.7. The first kappa shape index (κ1) is 35.1. The number of pyridine rings is 2. The van der Waals surface area contributed by atoms with Crippen molar-refractivity contribution in [1.82, 2.24) is 29.9 Å². The van der Waals surface area contributed by atoms with Gasteiger partial charge in [0, 0.05) is 35.3 Å². The van der Waals surface area contributed by atoms with Gasteiger partial charge in [0.25, 0.3) is 0 Å². The topological polar surface area (TPSA) is 94.3 Å². The first-order chi connectivity index (χ1) is 22.4. The molecule has 0 spiro atoms. The zero-order chi connectivity index (χ0) is 34.3. The minimum absolute atomic E-state index is 0.314. The molecule has 0 amide bonds. The molecule has 4 N–H and O–H groups in total. The van der Waals surface area contributed by atoms with Crippen molar-refractivity contribution in [2.24, 2.45) is 5.92 Å². The van der Waals surface area contributed by atoms with Crippen LogP contribution >= 0.6 is 9.39 Å². The number of aromatic nitrogens is 5. The van der Waals surface area contributed by atoms with Gasteiger partial charge in [0.05, 0.1) is 28.8 Å². The number of nitrogens with one attached hydrogen (secondary N) is 4. The Balaban J connectivity index is 0.00000245. The van der Waals surface area contributed by atoms with Gasteiger partial charge in [-0.25, -0.2) is 9.37 Å². The van der Waals surface area contributed by atoms with Crippen LogP contribution in [0.3, 0.4) is 0 Å². The number of nitrogens with zero attached hydrogens (tertiary/aromatic N) is 3. The third-order valence-corrected chi connectivity index (χ3v) is 8.00. The molecule has 0 aliphatic rings. The first-order valence-corrected chi connectivity index (χ1v) is 18.1. The molecular weight excluding hydrogens is 606 g/mol. The van der Waals surface area contributed by atoms with Crippen molar-refractivity contribution in [2.45, 2.75) is 47.6 Å². The predicted molar refractivity (Wildman–Crippen MR) is 203 cm³/mol. The second-order valence-corrected chi connectivity index (χ2v) is 14.8. The lowest BCUT2D eigenvalue weighted by molar-refractivity contribution is 0.624. The molecule has 47 heavy (non-hydrogen) atoms. The van der Waals surface area contributed by atoms with Gasteiger partial charge >= 0.3 is 0 Å². The maximum Gasteiger partial charge on any atom is 0.135 e. The normalized spacial score (nSPS) is 11.8. The van der Waals surface area contributed by atoms with Crippen LogP contribution in [0.15, 0.2) is 85.9 Å². The van der Waals surface area contributed by atoms with E-state index in [9.17, 15) is 4.39 Å². The largest absolute Gasteiger partial charge is 0.358 e. The number of aryl methyl sites for hydroxylation is 1. The van der Waals surface area contributed by atoms with Crippen molar-refractivity contribution in [1.29, 1.82) is 0 Å². The van der Waals surface area contributed by atoms with Crippen LogP contribution in [0.4, 0.5) is 10.1 Å². The molecular formula is C38H46FN7S. The SMILES string of the molecule is C=C/C=C(/c1cc(F)cc(CNS(=C)(=C)C)c1)c1cc(-c2n[nH]c3ccc(-c4cncc(NC(=C)CC(C)C)c4)nc23)[nH]c1C.CC. The number of benzene rings is 1. The van der Waals surface area contributed by atoms with Gasteiger partial charge in [0.1, 0.15) is 17.0 Å². The van der Waals surface area contributed by atoms with E-state index in [1.807, 2.05) is 63.4 Å². The zero-order valence-corrected chi connectivity index (χ0v) is 29.1. The Morgan fingerprint density at radius 2 is 1.85 bits per heavy atom. The third-order valence-electron chi connectivity index (χ3n) is 7.16. The quantitative estimate of drug-likeness (QED) is 0.0797. The van der Waals surface area contributed by atoms with Crippen LogP contribution in [0.1, 0.15) is 56.5 Å². The molecule has 5 aromatic rings. The van der Waals surface area contributed by atoms with Crippen LogP contribution in [0.25, 0.3) is 39.3 Å². The lowest BCUT2D eigenvalue weighted by Gasteiger charge is -2.13. The van der Waals surface area contributed by atoms with Gasteiger partial charge in [-0.15, -0.1) is 0 Å². The minimum atomic E-state index is -1.44. The molecule has 0 unspecified atom stereocenters. The van der Waals surface area contributed by atoms with E-state index in [0.717, 1.165) is 73.7 Å². The monoisotopic (exact) mass is 651 g/mol. The summed E-state index contributed by atoms with van der Waals surface area (Å²) in [5.74, 6) is 8.32. The highest BCUT2D eigenvalue weighted by atomic mass is 32.2. The number of H-pyrrole nitrogens is 2. The molecule has 9 heteroatoms. The highest BCUT2D eigenvalue weighted by molar-refractivity contribution is 8.25. The fourth-order valence-corrected chi connectivity index (χ4v) is 5.75. The van der Waals surface area contributed by atoms with Crippen molar-refractivity contribution in [2.75, 3.05) is 11.6 Å². The second kappa shape index (κ2) is 15.2. The molecule has 0 fully saturated rings. The van der Waals surface area contributed by atoms with Gasteiger partial charge in [-0.3, -0.25) is 14.8 Å².